The van der Waals surface area contributed by atoms with E-state index < -0.39 is 10.0 Å². The van der Waals surface area contributed by atoms with Crippen LogP contribution in [0.3, 0.4) is 0 Å². The number of pyridine rings is 1. The molecule has 0 aliphatic carbocycles. The summed E-state index contributed by atoms with van der Waals surface area (Å²) in [7, 11) is -3.45. The van der Waals surface area contributed by atoms with E-state index in [9.17, 15) is 8.42 Å². The Morgan fingerprint density at radius 3 is 2.75 bits per heavy atom. The van der Waals surface area contributed by atoms with Gasteiger partial charge in [0.15, 0.2) is 0 Å². The van der Waals surface area contributed by atoms with Crippen molar-refractivity contribution >= 4 is 41.9 Å². The molecule has 1 N–H and O–H groups in total. The number of nitrogens with zero attached hydrogens (tertiary/aromatic N) is 1. The van der Waals surface area contributed by atoms with E-state index in [1.165, 1.54) is 12.3 Å². The summed E-state index contributed by atoms with van der Waals surface area (Å²) in [6.45, 7) is 2.36. The first kappa shape index (κ1) is 14.1. The van der Waals surface area contributed by atoms with E-state index in [1.54, 1.807) is 6.20 Å². The van der Waals surface area contributed by atoms with Crippen LogP contribution in [-0.4, -0.2) is 25.3 Å². The first-order valence-corrected chi connectivity index (χ1v) is 8.01. The molecule has 90 valence electrons. The molecule has 0 amide bonds. The molecule has 0 saturated carbocycles. The average molecular weight is 372 g/mol. The van der Waals surface area contributed by atoms with Crippen molar-refractivity contribution in [2.45, 2.75) is 11.8 Å². The van der Waals surface area contributed by atoms with E-state index in [-0.39, 0.29) is 10.8 Å². The van der Waals surface area contributed by atoms with Crippen LogP contribution in [0.2, 0.25) is 0 Å². The van der Waals surface area contributed by atoms with Gasteiger partial charge in [-0.1, -0.05) is 22.9 Å². The maximum absolute atomic E-state index is 11.8. The summed E-state index contributed by atoms with van der Waals surface area (Å²) in [5, 5.41) is 0.756. The quantitative estimate of drug-likeness (QED) is 0.806. The summed E-state index contributed by atoms with van der Waals surface area (Å²) < 4.78 is 26.8. The van der Waals surface area contributed by atoms with Gasteiger partial charge in [-0.3, -0.25) is 4.98 Å². The lowest BCUT2D eigenvalue weighted by molar-refractivity contribution is 0.563. The molecule has 0 spiro atoms. The van der Waals surface area contributed by atoms with E-state index in [0.717, 1.165) is 5.33 Å². The minimum absolute atomic E-state index is 0.170. The van der Waals surface area contributed by atoms with Crippen molar-refractivity contribution in [1.29, 1.82) is 0 Å². The number of hydrogen-bond acceptors (Lipinski definition) is 3. The molecule has 0 radical (unpaired) electrons. The normalized spacial score (nSPS) is 13.7. The lowest BCUT2D eigenvalue weighted by atomic mass is 10.2. The molecule has 4 nitrogen and oxygen atoms in total. The van der Waals surface area contributed by atoms with E-state index in [4.69, 9.17) is 0 Å². The number of sulfonamides is 1. The Morgan fingerprint density at radius 2 is 2.19 bits per heavy atom. The van der Waals surface area contributed by atoms with Gasteiger partial charge < -0.3 is 0 Å². The number of hydrogen-bond donors (Lipinski definition) is 1. The summed E-state index contributed by atoms with van der Waals surface area (Å²) in [6.07, 6.45) is 2.87. The number of halogens is 2. The summed E-state index contributed by atoms with van der Waals surface area (Å²) >= 11 is 6.48. The predicted molar refractivity (Wildman–Crippen MR) is 70.1 cm³/mol. The van der Waals surface area contributed by atoms with E-state index >= 15 is 0 Å². The fourth-order valence-corrected chi connectivity index (χ4v) is 2.83. The van der Waals surface area contributed by atoms with Gasteiger partial charge in [-0.15, -0.1) is 0 Å². The predicted octanol–water partition coefficient (Wildman–Crippen LogP) is 2.15. The summed E-state index contributed by atoms with van der Waals surface area (Å²) in [4.78, 5) is 3.99. The van der Waals surface area contributed by atoms with Gasteiger partial charge in [0, 0.05) is 28.7 Å². The molecule has 1 atom stereocenters. The zero-order valence-corrected chi connectivity index (χ0v) is 12.6. The van der Waals surface area contributed by atoms with Crippen LogP contribution in [0.4, 0.5) is 0 Å². The van der Waals surface area contributed by atoms with Crippen molar-refractivity contribution in [3.8, 4) is 0 Å². The average Bonchev–Trinajstić information content (AvgIpc) is 2.26. The summed E-state index contributed by atoms with van der Waals surface area (Å²) in [5.74, 6) is 0.245. The molecule has 7 heteroatoms. The topological polar surface area (TPSA) is 59.1 Å². The molecule has 16 heavy (non-hydrogen) atoms. The Balaban J connectivity index is 2.78. The number of rotatable bonds is 5. The fourth-order valence-electron chi connectivity index (χ4n) is 0.929. The molecular formula is C9H12Br2N2O2S. The molecule has 0 aromatic carbocycles. The molecular weight excluding hydrogens is 360 g/mol. The summed E-state index contributed by atoms with van der Waals surface area (Å²) in [6, 6.07) is 1.52. The Hall–Kier alpha value is 0.0200. The lowest BCUT2D eigenvalue weighted by Gasteiger charge is -2.10. The van der Waals surface area contributed by atoms with Crippen LogP contribution < -0.4 is 4.72 Å². The third-order valence-corrected chi connectivity index (χ3v) is 4.80. The van der Waals surface area contributed by atoms with E-state index in [0.29, 0.717) is 11.0 Å². The van der Waals surface area contributed by atoms with Crippen LogP contribution in [0.25, 0.3) is 0 Å². The SMILES string of the molecule is CC(CBr)CNS(=O)(=O)c1cncc(Br)c1. The number of nitrogens with one attached hydrogen (secondary N) is 1. The maximum atomic E-state index is 11.8. The highest BCUT2D eigenvalue weighted by molar-refractivity contribution is 9.10. The first-order valence-electron chi connectivity index (χ1n) is 4.62. The maximum Gasteiger partial charge on any atom is 0.242 e. The number of aromatic nitrogens is 1. The van der Waals surface area contributed by atoms with Gasteiger partial charge in [0.2, 0.25) is 10.0 Å². The second-order valence-corrected chi connectivity index (χ2v) is 6.78. The van der Waals surface area contributed by atoms with E-state index in [1.807, 2.05) is 6.92 Å². The van der Waals surface area contributed by atoms with Crippen LogP contribution in [0.1, 0.15) is 6.92 Å². The minimum Gasteiger partial charge on any atom is -0.262 e. The molecule has 0 saturated heterocycles. The lowest BCUT2D eigenvalue weighted by Crippen LogP contribution is -2.29. The van der Waals surface area contributed by atoms with Gasteiger partial charge >= 0.3 is 0 Å². The molecule has 1 unspecified atom stereocenters. The van der Waals surface area contributed by atoms with Crippen LogP contribution >= 0.6 is 31.9 Å². The van der Waals surface area contributed by atoms with Crippen molar-refractivity contribution < 1.29 is 8.42 Å². The van der Waals surface area contributed by atoms with Crippen LogP contribution in [0, 0.1) is 5.92 Å². The van der Waals surface area contributed by atoms with Crippen molar-refractivity contribution in [3.05, 3.63) is 22.9 Å². The van der Waals surface area contributed by atoms with Crippen molar-refractivity contribution in [1.82, 2.24) is 9.71 Å². The van der Waals surface area contributed by atoms with Crippen molar-refractivity contribution in [3.63, 3.8) is 0 Å². The third kappa shape index (κ3) is 4.12. The largest absolute Gasteiger partial charge is 0.262 e. The van der Waals surface area contributed by atoms with Crippen LogP contribution in [0.15, 0.2) is 27.8 Å². The van der Waals surface area contributed by atoms with Gasteiger partial charge in [0.05, 0.1) is 0 Å². The Labute approximate surface area is 112 Å². The zero-order valence-electron chi connectivity index (χ0n) is 8.65. The molecule has 1 heterocycles. The molecule has 1 rings (SSSR count). The highest BCUT2D eigenvalue weighted by Crippen LogP contribution is 2.14. The first-order chi connectivity index (χ1) is 7.45. The third-order valence-electron chi connectivity index (χ3n) is 1.88. The van der Waals surface area contributed by atoms with Gasteiger partial charge in [-0.2, -0.15) is 0 Å². The highest BCUT2D eigenvalue weighted by atomic mass is 79.9. The summed E-state index contributed by atoms with van der Waals surface area (Å²) in [5.41, 5.74) is 0. The van der Waals surface area contributed by atoms with Gasteiger partial charge in [0.1, 0.15) is 4.90 Å². The second-order valence-electron chi connectivity index (χ2n) is 3.45. The Kier molecular flexibility index (Phi) is 5.36. The van der Waals surface area contributed by atoms with Gasteiger partial charge in [0.25, 0.3) is 0 Å². The van der Waals surface area contributed by atoms with Crippen LogP contribution in [-0.2, 0) is 10.0 Å². The number of alkyl halides is 1. The smallest absolute Gasteiger partial charge is 0.242 e. The minimum atomic E-state index is -3.45. The standard InChI is InChI=1S/C9H12Br2N2O2S/c1-7(3-10)4-13-16(14,15)9-2-8(11)5-12-6-9/h2,5-7,13H,3-4H2,1H3. The van der Waals surface area contributed by atoms with Crippen molar-refractivity contribution in [2.75, 3.05) is 11.9 Å². The van der Waals surface area contributed by atoms with Gasteiger partial charge in [-0.05, 0) is 27.9 Å². The van der Waals surface area contributed by atoms with E-state index in [2.05, 4.69) is 41.6 Å². The molecule has 0 bridgehead atoms. The molecule has 0 fully saturated rings. The molecule has 1 aromatic rings. The zero-order chi connectivity index (χ0) is 12.2. The van der Waals surface area contributed by atoms with Crippen molar-refractivity contribution in [2.24, 2.45) is 5.92 Å². The van der Waals surface area contributed by atoms with Gasteiger partial charge in [-0.25, -0.2) is 13.1 Å². The molecule has 0 aliphatic heterocycles. The monoisotopic (exact) mass is 370 g/mol. The van der Waals surface area contributed by atoms with Crippen LogP contribution in [0.5, 0.6) is 0 Å². The highest BCUT2D eigenvalue weighted by Gasteiger charge is 2.15. The fraction of sp³-hybridized carbons (Fsp3) is 0.444. The Bertz CT molecular complexity index is 451. The molecule has 1 aromatic heterocycles. The molecule has 0 aliphatic rings. The Morgan fingerprint density at radius 1 is 1.50 bits per heavy atom. The second kappa shape index (κ2) is 6.09.